The van der Waals surface area contributed by atoms with Crippen molar-refractivity contribution in [1.82, 2.24) is 15.3 Å². The Balaban J connectivity index is 1.63. The number of amides is 1. The first-order chi connectivity index (χ1) is 13.3. The molecule has 6 heteroatoms. The number of hydrogen-bond donors (Lipinski definition) is 1. The molecule has 1 aromatic carbocycles. The van der Waals surface area contributed by atoms with Crippen molar-refractivity contribution >= 4 is 39.2 Å². The van der Waals surface area contributed by atoms with E-state index in [0.717, 1.165) is 33.9 Å². The molecule has 2 aromatic heterocycles. The highest BCUT2D eigenvalue weighted by Crippen LogP contribution is 2.36. The fourth-order valence-corrected chi connectivity index (χ4v) is 5.28. The molecule has 1 amide bonds. The van der Waals surface area contributed by atoms with E-state index in [4.69, 9.17) is 0 Å². The third-order valence-corrected chi connectivity index (χ3v) is 7.05. The van der Waals surface area contributed by atoms with Gasteiger partial charge in [0.25, 0.3) is 0 Å². The van der Waals surface area contributed by atoms with Crippen molar-refractivity contribution in [2.45, 2.75) is 63.8 Å². The van der Waals surface area contributed by atoms with Gasteiger partial charge in [-0.05, 0) is 58.6 Å². The highest BCUT2D eigenvalue weighted by molar-refractivity contribution is 8.00. The molecule has 3 rings (SSSR count). The monoisotopic (exact) mass is 413 g/mol. The van der Waals surface area contributed by atoms with Crippen LogP contribution in [0.25, 0.3) is 10.2 Å². The normalized spacial score (nSPS) is 13.5. The molecular formula is C22H27N3OS2. The van der Waals surface area contributed by atoms with Gasteiger partial charge in [0.15, 0.2) is 0 Å². The second kappa shape index (κ2) is 9.05. The molecule has 0 unspecified atom stereocenters. The zero-order chi connectivity index (χ0) is 20.3. The number of aromatic nitrogens is 2. The van der Waals surface area contributed by atoms with Crippen LogP contribution in [0.5, 0.6) is 0 Å². The van der Waals surface area contributed by atoms with Crippen molar-refractivity contribution < 1.29 is 4.79 Å². The first kappa shape index (κ1) is 20.8. The lowest BCUT2D eigenvalue weighted by atomic mass is 10.1. The molecule has 3 aromatic rings. The van der Waals surface area contributed by atoms with Crippen LogP contribution in [-0.2, 0) is 11.2 Å². The third kappa shape index (κ3) is 4.92. The van der Waals surface area contributed by atoms with Gasteiger partial charge in [0.05, 0.1) is 5.25 Å². The van der Waals surface area contributed by atoms with Crippen molar-refractivity contribution in [2.75, 3.05) is 0 Å². The lowest BCUT2D eigenvalue weighted by molar-refractivity contribution is -0.120. The number of thioether (sulfide) groups is 1. The summed E-state index contributed by atoms with van der Waals surface area (Å²) in [7, 11) is 0. The van der Waals surface area contributed by atoms with Crippen LogP contribution in [0.4, 0.5) is 0 Å². The van der Waals surface area contributed by atoms with Crippen molar-refractivity contribution in [2.24, 2.45) is 0 Å². The highest BCUT2D eigenvalue weighted by Gasteiger charge is 2.21. The smallest absolute Gasteiger partial charge is 0.233 e. The molecule has 0 bridgehead atoms. The summed E-state index contributed by atoms with van der Waals surface area (Å²) >= 11 is 3.22. The van der Waals surface area contributed by atoms with Crippen molar-refractivity contribution in [1.29, 1.82) is 0 Å². The Morgan fingerprint density at radius 2 is 1.86 bits per heavy atom. The van der Waals surface area contributed by atoms with Crippen LogP contribution < -0.4 is 5.32 Å². The van der Waals surface area contributed by atoms with Crippen LogP contribution in [0, 0.1) is 20.8 Å². The predicted molar refractivity (Wildman–Crippen MR) is 119 cm³/mol. The zero-order valence-electron chi connectivity index (χ0n) is 17.1. The van der Waals surface area contributed by atoms with E-state index in [1.165, 1.54) is 27.8 Å². The molecule has 0 aliphatic carbocycles. The van der Waals surface area contributed by atoms with E-state index in [1.807, 2.05) is 19.9 Å². The topological polar surface area (TPSA) is 54.9 Å². The first-order valence-corrected chi connectivity index (χ1v) is 11.3. The fraction of sp³-hybridized carbons (Fsp3) is 0.409. The summed E-state index contributed by atoms with van der Waals surface area (Å²) in [6.07, 6.45) is 1.88. The van der Waals surface area contributed by atoms with Gasteiger partial charge in [0.2, 0.25) is 5.91 Å². The van der Waals surface area contributed by atoms with Gasteiger partial charge in [-0.15, -0.1) is 11.3 Å². The first-order valence-electron chi connectivity index (χ1n) is 9.60. The molecular weight excluding hydrogens is 386 g/mol. The Labute approximate surface area is 175 Å². The molecule has 4 nitrogen and oxygen atoms in total. The molecule has 0 aliphatic heterocycles. The van der Waals surface area contributed by atoms with Gasteiger partial charge in [0.1, 0.15) is 15.7 Å². The maximum absolute atomic E-state index is 12.7. The largest absolute Gasteiger partial charge is 0.353 e. The van der Waals surface area contributed by atoms with Gasteiger partial charge in [-0.25, -0.2) is 9.97 Å². The number of benzene rings is 1. The molecule has 0 aliphatic rings. The zero-order valence-corrected chi connectivity index (χ0v) is 18.7. The molecule has 0 fully saturated rings. The Morgan fingerprint density at radius 1 is 1.14 bits per heavy atom. The second-order valence-electron chi connectivity index (χ2n) is 7.23. The summed E-state index contributed by atoms with van der Waals surface area (Å²) in [6.45, 7) is 10.1. The summed E-state index contributed by atoms with van der Waals surface area (Å²) in [5.74, 6) is 0.805. The molecule has 0 radical (unpaired) electrons. The van der Waals surface area contributed by atoms with Crippen LogP contribution in [0.2, 0.25) is 0 Å². The number of nitrogens with zero attached hydrogens (tertiary/aromatic N) is 2. The molecule has 2 heterocycles. The average Bonchev–Trinajstić information content (AvgIpc) is 2.94. The van der Waals surface area contributed by atoms with Crippen LogP contribution >= 0.6 is 23.1 Å². The number of carbonyl (C=O) groups is 1. The molecule has 28 heavy (non-hydrogen) atoms. The number of carbonyl (C=O) groups excluding carboxylic acids is 1. The summed E-state index contributed by atoms with van der Waals surface area (Å²) in [4.78, 5) is 24.2. The van der Waals surface area contributed by atoms with Crippen molar-refractivity contribution in [3.05, 3.63) is 52.2 Å². The number of fused-ring (bicyclic) bond motifs is 1. The Morgan fingerprint density at radius 3 is 2.57 bits per heavy atom. The van der Waals surface area contributed by atoms with Crippen LogP contribution in [0.15, 0.2) is 35.4 Å². The van der Waals surface area contributed by atoms with E-state index >= 15 is 0 Å². The molecule has 2 atom stereocenters. The van der Waals surface area contributed by atoms with E-state index < -0.39 is 0 Å². The number of hydrogen-bond acceptors (Lipinski definition) is 5. The predicted octanol–water partition coefficient (Wildman–Crippen LogP) is 5.23. The Hall–Kier alpha value is -1.92. The number of nitrogens with one attached hydrogen (secondary N) is 1. The van der Waals surface area contributed by atoms with Crippen LogP contribution in [0.3, 0.4) is 0 Å². The maximum Gasteiger partial charge on any atom is 0.233 e. The van der Waals surface area contributed by atoms with Gasteiger partial charge >= 0.3 is 0 Å². The lowest BCUT2D eigenvalue weighted by Crippen LogP contribution is -2.37. The quantitative estimate of drug-likeness (QED) is 0.425. The average molecular weight is 414 g/mol. The number of thiophene rings is 1. The van der Waals surface area contributed by atoms with E-state index in [9.17, 15) is 4.79 Å². The number of rotatable bonds is 7. The van der Waals surface area contributed by atoms with Crippen molar-refractivity contribution in [3.63, 3.8) is 0 Å². The highest BCUT2D eigenvalue weighted by atomic mass is 32.2. The summed E-state index contributed by atoms with van der Waals surface area (Å²) in [6, 6.07) is 10.5. The van der Waals surface area contributed by atoms with E-state index in [-0.39, 0.29) is 17.2 Å². The standard InChI is InChI=1S/C22H27N3OS2/c1-13(11-12-18-9-7-6-8-10-18)23-20(26)16(4)28-22-19-14(2)15(3)27-21(19)24-17(5)25-22/h6-10,13,16H,11-12H2,1-5H3,(H,23,26)/t13-,16+/m1/s1. The van der Waals surface area contributed by atoms with Gasteiger partial charge in [0, 0.05) is 16.3 Å². The van der Waals surface area contributed by atoms with Gasteiger partial charge in [-0.1, -0.05) is 42.1 Å². The molecule has 0 saturated carbocycles. The van der Waals surface area contributed by atoms with E-state index in [2.05, 4.69) is 60.3 Å². The molecule has 148 valence electrons. The SMILES string of the molecule is Cc1nc(S[C@@H](C)C(=O)N[C@H](C)CCc2ccccc2)c2c(C)c(C)sc2n1. The summed E-state index contributed by atoms with van der Waals surface area (Å²) in [5, 5.41) is 4.94. The minimum atomic E-state index is -0.212. The van der Waals surface area contributed by atoms with Crippen LogP contribution in [0.1, 0.15) is 42.1 Å². The van der Waals surface area contributed by atoms with Gasteiger partial charge in [-0.3, -0.25) is 4.79 Å². The van der Waals surface area contributed by atoms with E-state index in [1.54, 1.807) is 11.3 Å². The van der Waals surface area contributed by atoms with E-state index in [0.29, 0.717) is 0 Å². The maximum atomic E-state index is 12.7. The molecule has 1 N–H and O–H groups in total. The molecule has 0 saturated heterocycles. The minimum Gasteiger partial charge on any atom is -0.353 e. The third-order valence-electron chi connectivity index (χ3n) is 4.86. The summed E-state index contributed by atoms with van der Waals surface area (Å²) < 4.78 is 0. The van der Waals surface area contributed by atoms with Gasteiger partial charge in [-0.2, -0.15) is 0 Å². The minimum absolute atomic E-state index is 0.0552. The second-order valence-corrected chi connectivity index (χ2v) is 9.77. The Bertz CT molecular complexity index is 969. The molecule has 0 spiro atoms. The van der Waals surface area contributed by atoms with Gasteiger partial charge < -0.3 is 5.32 Å². The summed E-state index contributed by atoms with van der Waals surface area (Å²) in [5.41, 5.74) is 2.51. The van der Waals surface area contributed by atoms with Crippen molar-refractivity contribution in [3.8, 4) is 0 Å². The number of aryl methyl sites for hydroxylation is 4. The Kier molecular flexibility index (Phi) is 6.73. The van der Waals surface area contributed by atoms with Crippen LogP contribution in [-0.4, -0.2) is 27.2 Å². The fourth-order valence-electron chi connectivity index (χ4n) is 3.08. The lowest BCUT2D eigenvalue weighted by Gasteiger charge is -2.17.